The van der Waals surface area contributed by atoms with Crippen LogP contribution in [0.4, 0.5) is 0 Å². The van der Waals surface area contributed by atoms with Crippen molar-refractivity contribution < 1.29 is 9.59 Å². The van der Waals surface area contributed by atoms with Gasteiger partial charge in [-0.3, -0.25) is 14.5 Å². The van der Waals surface area contributed by atoms with Crippen molar-refractivity contribution in [2.45, 2.75) is 25.7 Å². The van der Waals surface area contributed by atoms with Gasteiger partial charge in [0.15, 0.2) is 0 Å². The number of nitrogens with one attached hydrogen (secondary N) is 1. The fraction of sp³-hybridized carbons (Fsp3) is 0.889. The number of hydrogen-bond acceptors (Lipinski definition) is 5. The number of carbonyl (C=O) groups excluding carboxylic acids is 2. The molecule has 3 heterocycles. The number of nitrogens with zero attached hydrogens (tertiary/aromatic N) is 4. The van der Waals surface area contributed by atoms with E-state index in [1.807, 2.05) is 9.80 Å². The molecule has 3 saturated heterocycles. The van der Waals surface area contributed by atoms with E-state index >= 15 is 0 Å². The van der Waals surface area contributed by atoms with Crippen molar-refractivity contribution in [1.82, 2.24) is 24.9 Å². The van der Waals surface area contributed by atoms with Crippen molar-refractivity contribution in [3.8, 4) is 0 Å². The number of hydrogen-bond donors (Lipinski definition) is 1. The molecule has 0 aromatic heterocycles. The van der Waals surface area contributed by atoms with E-state index in [4.69, 9.17) is 0 Å². The van der Waals surface area contributed by atoms with Crippen LogP contribution in [-0.2, 0) is 9.59 Å². The van der Waals surface area contributed by atoms with Crippen LogP contribution in [0.1, 0.15) is 25.7 Å². The second-order valence-corrected chi connectivity index (χ2v) is 7.44. The first kappa shape index (κ1) is 18.6. The molecule has 3 aliphatic heterocycles. The average molecular weight is 351 g/mol. The molecule has 0 spiro atoms. The number of piperidine rings is 1. The lowest BCUT2D eigenvalue weighted by Gasteiger charge is -2.36. The zero-order valence-electron chi connectivity index (χ0n) is 15.4. The molecule has 0 aliphatic carbocycles. The van der Waals surface area contributed by atoms with Gasteiger partial charge in [0.1, 0.15) is 0 Å². The zero-order valence-corrected chi connectivity index (χ0v) is 15.4. The highest BCUT2D eigenvalue weighted by Crippen LogP contribution is 2.10. The quantitative estimate of drug-likeness (QED) is 0.719. The molecule has 3 aliphatic rings. The standard InChI is InChI=1S/C18H33N5O2/c24-17(23-10-5-19-6-11-23)4-9-20-12-14-21(15-13-20)16-18(25)22-7-2-1-3-8-22/h19H,1-16H2. The topological polar surface area (TPSA) is 59.1 Å². The average Bonchev–Trinajstić information content (AvgIpc) is 2.68. The van der Waals surface area contributed by atoms with Gasteiger partial charge in [0.25, 0.3) is 0 Å². The molecule has 0 bridgehead atoms. The van der Waals surface area contributed by atoms with Crippen LogP contribution in [0, 0.1) is 0 Å². The first-order valence-corrected chi connectivity index (χ1v) is 9.93. The predicted octanol–water partition coefficient (Wildman–Crippen LogP) is -0.562. The highest BCUT2D eigenvalue weighted by molar-refractivity contribution is 5.78. The Balaban J connectivity index is 1.31. The van der Waals surface area contributed by atoms with Crippen LogP contribution in [0.5, 0.6) is 0 Å². The number of likely N-dealkylation sites (tertiary alicyclic amines) is 1. The van der Waals surface area contributed by atoms with Gasteiger partial charge in [0.05, 0.1) is 6.54 Å². The molecule has 2 amide bonds. The Morgan fingerprint density at radius 3 is 1.96 bits per heavy atom. The summed E-state index contributed by atoms with van der Waals surface area (Å²) >= 11 is 0. The van der Waals surface area contributed by atoms with Crippen molar-refractivity contribution >= 4 is 11.8 Å². The highest BCUT2D eigenvalue weighted by atomic mass is 16.2. The van der Waals surface area contributed by atoms with Crippen LogP contribution in [0.2, 0.25) is 0 Å². The summed E-state index contributed by atoms with van der Waals surface area (Å²) in [5.74, 6) is 0.575. The monoisotopic (exact) mass is 351 g/mol. The van der Waals surface area contributed by atoms with Gasteiger partial charge in [0, 0.05) is 78.4 Å². The van der Waals surface area contributed by atoms with Crippen LogP contribution in [0.25, 0.3) is 0 Å². The predicted molar refractivity (Wildman–Crippen MR) is 97.4 cm³/mol. The van der Waals surface area contributed by atoms with Gasteiger partial charge in [-0.2, -0.15) is 0 Å². The molecule has 0 aromatic rings. The van der Waals surface area contributed by atoms with Crippen molar-refractivity contribution in [3.63, 3.8) is 0 Å². The molecule has 0 unspecified atom stereocenters. The second-order valence-electron chi connectivity index (χ2n) is 7.44. The van der Waals surface area contributed by atoms with E-state index in [9.17, 15) is 9.59 Å². The molecule has 0 atom stereocenters. The third kappa shape index (κ3) is 5.66. The van der Waals surface area contributed by atoms with E-state index < -0.39 is 0 Å². The van der Waals surface area contributed by atoms with E-state index in [0.717, 1.165) is 84.8 Å². The third-order valence-corrected chi connectivity index (χ3v) is 5.64. The first-order valence-electron chi connectivity index (χ1n) is 9.93. The smallest absolute Gasteiger partial charge is 0.236 e. The van der Waals surface area contributed by atoms with E-state index in [1.165, 1.54) is 6.42 Å². The lowest BCUT2D eigenvalue weighted by molar-refractivity contribution is -0.133. The largest absolute Gasteiger partial charge is 0.342 e. The second kappa shape index (κ2) is 9.50. The third-order valence-electron chi connectivity index (χ3n) is 5.64. The summed E-state index contributed by atoms with van der Waals surface area (Å²) in [5, 5.41) is 3.28. The Kier molecular flexibility index (Phi) is 7.07. The summed E-state index contributed by atoms with van der Waals surface area (Å²) in [4.78, 5) is 33.2. The van der Waals surface area contributed by atoms with Crippen LogP contribution in [0.15, 0.2) is 0 Å². The number of amides is 2. The fourth-order valence-corrected chi connectivity index (χ4v) is 3.93. The summed E-state index contributed by atoms with van der Waals surface area (Å²) in [7, 11) is 0. The molecule has 0 aromatic carbocycles. The molecule has 0 saturated carbocycles. The lowest BCUT2D eigenvalue weighted by Crippen LogP contribution is -2.51. The molecule has 7 heteroatoms. The summed E-state index contributed by atoms with van der Waals surface area (Å²) in [6.45, 7) is 10.6. The molecule has 3 fully saturated rings. The maximum atomic E-state index is 12.4. The van der Waals surface area contributed by atoms with E-state index in [1.54, 1.807) is 0 Å². The molecule has 0 radical (unpaired) electrons. The SMILES string of the molecule is O=C(CCN1CCN(CC(=O)N2CCCCC2)CC1)N1CCNCC1. The van der Waals surface area contributed by atoms with Crippen LogP contribution < -0.4 is 5.32 Å². The minimum atomic E-state index is 0.282. The van der Waals surface area contributed by atoms with Gasteiger partial charge in [0.2, 0.25) is 11.8 Å². The van der Waals surface area contributed by atoms with E-state index in [2.05, 4.69) is 15.1 Å². The zero-order chi connectivity index (χ0) is 17.5. The molecular weight excluding hydrogens is 318 g/mol. The van der Waals surface area contributed by atoms with Gasteiger partial charge in [-0.05, 0) is 19.3 Å². The van der Waals surface area contributed by atoms with Gasteiger partial charge in [-0.1, -0.05) is 0 Å². The summed E-state index contributed by atoms with van der Waals surface area (Å²) in [6, 6.07) is 0. The molecule has 142 valence electrons. The Labute approximate surface area is 151 Å². The fourth-order valence-electron chi connectivity index (χ4n) is 3.93. The normalized spacial score (nSPS) is 23.7. The van der Waals surface area contributed by atoms with Crippen molar-refractivity contribution in [2.24, 2.45) is 0 Å². The number of rotatable bonds is 5. The van der Waals surface area contributed by atoms with Crippen LogP contribution in [0.3, 0.4) is 0 Å². The maximum Gasteiger partial charge on any atom is 0.236 e. The molecule has 1 N–H and O–H groups in total. The maximum absolute atomic E-state index is 12.4. The Hall–Kier alpha value is -1.18. The molecule has 3 rings (SSSR count). The summed E-state index contributed by atoms with van der Waals surface area (Å²) < 4.78 is 0. The summed E-state index contributed by atoms with van der Waals surface area (Å²) in [5.41, 5.74) is 0. The van der Waals surface area contributed by atoms with Crippen molar-refractivity contribution in [3.05, 3.63) is 0 Å². The Morgan fingerprint density at radius 1 is 0.680 bits per heavy atom. The minimum Gasteiger partial charge on any atom is -0.342 e. The van der Waals surface area contributed by atoms with Crippen molar-refractivity contribution in [2.75, 3.05) is 78.5 Å². The Bertz CT molecular complexity index is 439. The lowest BCUT2D eigenvalue weighted by atomic mass is 10.1. The Morgan fingerprint density at radius 2 is 1.28 bits per heavy atom. The van der Waals surface area contributed by atoms with Gasteiger partial charge in [-0.25, -0.2) is 0 Å². The molecule has 25 heavy (non-hydrogen) atoms. The van der Waals surface area contributed by atoms with Crippen molar-refractivity contribution in [1.29, 1.82) is 0 Å². The summed E-state index contributed by atoms with van der Waals surface area (Å²) in [6.07, 6.45) is 4.18. The highest BCUT2D eigenvalue weighted by Gasteiger charge is 2.23. The van der Waals surface area contributed by atoms with Gasteiger partial charge >= 0.3 is 0 Å². The van der Waals surface area contributed by atoms with E-state index in [-0.39, 0.29) is 5.91 Å². The first-order chi connectivity index (χ1) is 12.2. The van der Waals surface area contributed by atoms with Gasteiger partial charge in [-0.15, -0.1) is 0 Å². The van der Waals surface area contributed by atoms with Crippen LogP contribution >= 0.6 is 0 Å². The van der Waals surface area contributed by atoms with Crippen LogP contribution in [-0.4, -0.2) is 110 Å². The van der Waals surface area contributed by atoms with E-state index in [0.29, 0.717) is 18.9 Å². The number of piperazine rings is 2. The molecular formula is C18H33N5O2. The number of carbonyl (C=O) groups is 2. The van der Waals surface area contributed by atoms with Gasteiger partial charge < -0.3 is 20.0 Å². The molecule has 7 nitrogen and oxygen atoms in total. The minimum absolute atomic E-state index is 0.282.